The second-order valence-electron chi connectivity index (χ2n) is 6.62. The molecule has 1 saturated heterocycles. The highest BCUT2D eigenvalue weighted by atomic mass is 35.5. The van der Waals surface area contributed by atoms with Crippen molar-refractivity contribution in [3.8, 4) is 5.69 Å². The Bertz CT molecular complexity index is 888. The molecule has 0 aliphatic carbocycles. The summed E-state index contributed by atoms with van der Waals surface area (Å²) in [7, 11) is 0. The molecule has 1 aromatic carbocycles. The van der Waals surface area contributed by atoms with Crippen molar-refractivity contribution in [3.63, 3.8) is 0 Å². The fraction of sp³-hybridized carbons (Fsp3) is 0.389. The molecule has 5 nitrogen and oxygen atoms in total. The van der Waals surface area contributed by atoms with Gasteiger partial charge in [-0.3, -0.25) is 0 Å². The van der Waals surface area contributed by atoms with E-state index >= 15 is 0 Å². The maximum Gasteiger partial charge on any atom is 0.168 e. The zero-order chi connectivity index (χ0) is 16.7. The Labute approximate surface area is 146 Å². The Morgan fingerprint density at radius 2 is 2.12 bits per heavy atom. The summed E-state index contributed by atoms with van der Waals surface area (Å²) in [6, 6.07) is 5.81. The maximum atomic E-state index is 6.17. The summed E-state index contributed by atoms with van der Waals surface area (Å²) < 4.78 is 1.86. The quantitative estimate of drug-likeness (QED) is 0.706. The number of hydrogen-bond donors (Lipinski definition) is 0. The highest BCUT2D eigenvalue weighted by molar-refractivity contribution is 6.30. The first-order valence-corrected chi connectivity index (χ1v) is 8.71. The molecule has 0 spiro atoms. The molecule has 1 atom stereocenters. The van der Waals surface area contributed by atoms with Crippen LogP contribution in [-0.4, -0.2) is 32.8 Å². The van der Waals surface area contributed by atoms with E-state index in [4.69, 9.17) is 11.6 Å². The lowest BCUT2D eigenvalue weighted by Gasteiger charge is -2.31. The minimum atomic E-state index is 0.689. The zero-order valence-corrected chi connectivity index (χ0v) is 14.7. The van der Waals surface area contributed by atoms with Crippen molar-refractivity contribution in [2.45, 2.75) is 26.7 Å². The van der Waals surface area contributed by atoms with Crippen LogP contribution in [0.25, 0.3) is 16.7 Å². The number of piperidine rings is 1. The molecule has 0 amide bonds. The normalized spacial score (nSPS) is 18.3. The van der Waals surface area contributed by atoms with Crippen LogP contribution in [0.5, 0.6) is 0 Å². The van der Waals surface area contributed by atoms with Crippen LogP contribution in [0.3, 0.4) is 0 Å². The smallest absolute Gasteiger partial charge is 0.168 e. The van der Waals surface area contributed by atoms with Gasteiger partial charge in [0.2, 0.25) is 0 Å². The number of benzene rings is 1. The fourth-order valence-corrected chi connectivity index (χ4v) is 3.62. The topological polar surface area (TPSA) is 46.8 Å². The lowest BCUT2D eigenvalue weighted by atomic mass is 10.0. The van der Waals surface area contributed by atoms with Gasteiger partial charge in [0.1, 0.15) is 12.1 Å². The average Bonchev–Trinajstić information content (AvgIpc) is 3.01. The first-order valence-electron chi connectivity index (χ1n) is 8.33. The summed E-state index contributed by atoms with van der Waals surface area (Å²) in [6.07, 6.45) is 5.99. The van der Waals surface area contributed by atoms with Crippen LogP contribution in [0.4, 0.5) is 5.82 Å². The molecule has 1 fully saturated rings. The van der Waals surface area contributed by atoms with E-state index in [0.717, 1.165) is 41.2 Å². The van der Waals surface area contributed by atoms with E-state index in [2.05, 4.69) is 26.9 Å². The number of fused-ring (bicyclic) bond motifs is 1. The molecule has 0 saturated carbocycles. The fourth-order valence-electron chi connectivity index (χ4n) is 3.45. The van der Waals surface area contributed by atoms with Gasteiger partial charge in [-0.25, -0.2) is 14.6 Å². The van der Waals surface area contributed by atoms with E-state index < -0.39 is 0 Å². The number of hydrogen-bond acceptors (Lipinski definition) is 4. The van der Waals surface area contributed by atoms with Crippen LogP contribution in [0, 0.1) is 12.8 Å². The first-order chi connectivity index (χ1) is 11.6. The van der Waals surface area contributed by atoms with E-state index in [1.54, 1.807) is 6.33 Å². The standard InChI is InChI=1S/C18H20ClN5/c1-12-4-3-7-23(10-12)17-15-9-22-24(18(15)21-11-20-17)16-8-14(19)6-5-13(16)2/h5-6,8-9,11-12H,3-4,7,10H2,1-2H3/t12-/m0/s1. The zero-order valence-electron chi connectivity index (χ0n) is 13.9. The molecule has 1 aliphatic rings. The summed E-state index contributed by atoms with van der Waals surface area (Å²) in [6.45, 7) is 6.42. The van der Waals surface area contributed by atoms with Gasteiger partial charge in [-0.1, -0.05) is 24.6 Å². The van der Waals surface area contributed by atoms with E-state index in [-0.39, 0.29) is 0 Å². The maximum absolute atomic E-state index is 6.17. The van der Waals surface area contributed by atoms with Gasteiger partial charge < -0.3 is 4.90 Å². The van der Waals surface area contributed by atoms with Gasteiger partial charge in [-0.2, -0.15) is 5.10 Å². The highest BCUT2D eigenvalue weighted by Gasteiger charge is 2.21. The lowest BCUT2D eigenvalue weighted by molar-refractivity contribution is 0.445. The monoisotopic (exact) mass is 341 g/mol. The Morgan fingerprint density at radius 3 is 2.96 bits per heavy atom. The number of rotatable bonds is 2. The van der Waals surface area contributed by atoms with Crippen LogP contribution in [0.1, 0.15) is 25.3 Å². The summed E-state index contributed by atoms with van der Waals surface area (Å²) in [5.74, 6) is 1.67. The lowest BCUT2D eigenvalue weighted by Crippen LogP contribution is -2.34. The largest absolute Gasteiger partial charge is 0.356 e. The van der Waals surface area contributed by atoms with Crippen molar-refractivity contribution in [2.24, 2.45) is 5.92 Å². The molecule has 2 aromatic heterocycles. The van der Waals surface area contributed by atoms with Crippen LogP contribution < -0.4 is 4.90 Å². The van der Waals surface area contributed by atoms with Crippen LogP contribution in [0.2, 0.25) is 5.02 Å². The summed E-state index contributed by atoms with van der Waals surface area (Å²) in [5.41, 5.74) is 2.88. The van der Waals surface area contributed by atoms with Crippen molar-refractivity contribution < 1.29 is 0 Å². The molecule has 3 aromatic rings. The van der Waals surface area contributed by atoms with Gasteiger partial charge in [0.15, 0.2) is 5.65 Å². The molecule has 4 rings (SSSR count). The van der Waals surface area contributed by atoms with E-state index in [0.29, 0.717) is 10.9 Å². The van der Waals surface area contributed by atoms with Crippen molar-refractivity contribution in [1.82, 2.24) is 19.7 Å². The Hall–Kier alpha value is -2.14. The molecule has 3 heterocycles. The summed E-state index contributed by atoms with van der Waals surface area (Å²) in [4.78, 5) is 11.4. The molecular formula is C18H20ClN5. The molecule has 24 heavy (non-hydrogen) atoms. The number of aryl methyl sites for hydroxylation is 1. The Balaban J connectivity index is 1.83. The molecule has 1 aliphatic heterocycles. The molecule has 0 bridgehead atoms. The number of halogens is 1. The second-order valence-corrected chi connectivity index (χ2v) is 7.05. The van der Waals surface area contributed by atoms with Crippen LogP contribution in [-0.2, 0) is 0 Å². The van der Waals surface area contributed by atoms with E-state index in [9.17, 15) is 0 Å². The third kappa shape index (κ3) is 2.63. The Morgan fingerprint density at radius 1 is 1.25 bits per heavy atom. The molecule has 0 unspecified atom stereocenters. The highest BCUT2D eigenvalue weighted by Crippen LogP contribution is 2.29. The third-order valence-corrected chi connectivity index (χ3v) is 4.94. The third-order valence-electron chi connectivity index (χ3n) is 4.70. The van der Waals surface area contributed by atoms with E-state index in [1.165, 1.54) is 12.8 Å². The van der Waals surface area contributed by atoms with Crippen LogP contribution >= 0.6 is 11.6 Å². The van der Waals surface area contributed by atoms with Gasteiger partial charge in [-0.05, 0) is 43.4 Å². The van der Waals surface area contributed by atoms with Gasteiger partial charge in [0.25, 0.3) is 0 Å². The Kier molecular flexibility index (Phi) is 3.88. The summed E-state index contributed by atoms with van der Waals surface area (Å²) >= 11 is 6.17. The van der Waals surface area contributed by atoms with Gasteiger partial charge in [0, 0.05) is 18.1 Å². The SMILES string of the molecule is Cc1ccc(Cl)cc1-n1ncc2c(N3CCC[C@H](C)C3)ncnc21. The first kappa shape index (κ1) is 15.4. The molecule has 0 radical (unpaired) electrons. The average molecular weight is 342 g/mol. The minimum absolute atomic E-state index is 0.689. The summed E-state index contributed by atoms with van der Waals surface area (Å²) in [5, 5.41) is 6.26. The number of anilines is 1. The van der Waals surface area contributed by atoms with Crippen molar-refractivity contribution in [1.29, 1.82) is 0 Å². The van der Waals surface area contributed by atoms with Crippen LogP contribution in [0.15, 0.2) is 30.7 Å². The van der Waals surface area contributed by atoms with Crippen molar-refractivity contribution >= 4 is 28.5 Å². The molecule has 0 N–H and O–H groups in total. The number of nitrogens with zero attached hydrogens (tertiary/aromatic N) is 5. The van der Waals surface area contributed by atoms with Gasteiger partial charge in [0.05, 0.1) is 17.3 Å². The second kappa shape index (κ2) is 6.06. The van der Waals surface area contributed by atoms with Crippen molar-refractivity contribution in [2.75, 3.05) is 18.0 Å². The molecule has 124 valence electrons. The molecule has 6 heteroatoms. The van der Waals surface area contributed by atoms with Gasteiger partial charge in [-0.15, -0.1) is 0 Å². The van der Waals surface area contributed by atoms with E-state index in [1.807, 2.05) is 36.0 Å². The van der Waals surface area contributed by atoms with Crippen molar-refractivity contribution in [3.05, 3.63) is 41.3 Å². The minimum Gasteiger partial charge on any atom is -0.356 e. The van der Waals surface area contributed by atoms with Gasteiger partial charge >= 0.3 is 0 Å². The number of aromatic nitrogens is 4. The molecular weight excluding hydrogens is 322 g/mol. The predicted molar refractivity (Wildman–Crippen MR) is 97.0 cm³/mol. The predicted octanol–water partition coefficient (Wildman–Crippen LogP) is 4.01.